The van der Waals surface area contributed by atoms with Crippen LogP contribution in [-0.2, 0) is 26.5 Å². The van der Waals surface area contributed by atoms with E-state index in [2.05, 4.69) is 179 Å². The minimum atomic E-state index is -1.86. The fraction of sp³-hybridized carbons (Fsp3) is 0.268. The Hall–Kier alpha value is -5.14. The van der Waals surface area contributed by atoms with E-state index in [1.165, 1.54) is 33.5 Å². The topological polar surface area (TPSA) is 56.7 Å². The Labute approximate surface area is 390 Å². The molecule has 7 heteroatoms. The number of hydrogen-bond donors (Lipinski definition) is 0. The summed E-state index contributed by atoms with van der Waals surface area (Å²) in [5.74, 6) is 9.41. The van der Waals surface area contributed by atoms with Crippen LogP contribution < -0.4 is 4.40 Å². The fourth-order valence-electron chi connectivity index (χ4n) is 8.66. The van der Waals surface area contributed by atoms with Gasteiger partial charge in [-0.3, -0.25) is 9.97 Å². The Kier molecular flexibility index (Phi) is 13.8. The van der Waals surface area contributed by atoms with E-state index in [1.54, 1.807) is 4.40 Å². The zero-order valence-corrected chi connectivity index (χ0v) is 43.0. The molecule has 0 aliphatic rings. The molecule has 0 aliphatic heterocycles. The van der Waals surface area contributed by atoms with E-state index >= 15 is 0 Å². The molecule has 5 nitrogen and oxygen atoms in total. The monoisotopic (exact) mass is 1070 g/mol. The summed E-state index contributed by atoms with van der Waals surface area (Å²) in [6, 6.07) is 45.1. The predicted molar refractivity (Wildman–Crippen MR) is 264 cm³/mol. The first kappa shape index (κ1) is 45.9. The molecule has 9 rings (SSSR count). The summed E-state index contributed by atoms with van der Waals surface area (Å²) < 4.78 is 10.5. The maximum atomic E-state index is 6.59. The minimum Gasteiger partial charge on any atom is -0.500 e. The second kappa shape index (κ2) is 18.9. The van der Waals surface area contributed by atoms with Gasteiger partial charge in [0, 0.05) is 49.1 Å². The molecule has 4 heterocycles. The summed E-state index contributed by atoms with van der Waals surface area (Å²) in [6.45, 7) is 17.8. The van der Waals surface area contributed by atoms with Gasteiger partial charge in [-0.2, -0.15) is 0 Å². The third-order valence-electron chi connectivity index (χ3n) is 11.7. The van der Waals surface area contributed by atoms with E-state index in [1.807, 2.05) is 37.4 Å². The number of para-hydroxylation sites is 2. The van der Waals surface area contributed by atoms with Crippen molar-refractivity contribution in [1.82, 2.24) is 19.5 Å². The zero-order valence-electron chi connectivity index (χ0n) is 38.5. The largest absolute Gasteiger partial charge is 0.500 e. The molecule has 323 valence electrons. The Morgan fingerprint density at radius 1 is 0.730 bits per heavy atom. The first-order valence-electron chi connectivity index (χ1n) is 22.1. The summed E-state index contributed by atoms with van der Waals surface area (Å²) in [5, 5.41) is 2.08. The maximum absolute atomic E-state index is 6.59. The van der Waals surface area contributed by atoms with Crippen LogP contribution in [0.1, 0.15) is 81.3 Å². The first-order valence-corrected chi connectivity index (χ1v) is 29.4. The SMILES string of the molecule is CC(C)Cc1cc(-c2[c-]cccc2)nc[c]1[Ge]([CH3])([CH3])[CH3].Cc1cc2oc3c(-c4nc5ccccc5n4-c4c(C(C)C)cc(-c5ccccc5)cc4C(C)C)[c-]cc(C)c3c2cn1.[Ir]. The second-order valence-corrected chi connectivity index (χ2v) is 29.3. The van der Waals surface area contributed by atoms with Crippen LogP contribution >= 0.6 is 0 Å². The van der Waals surface area contributed by atoms with Crippen LogP contribution in [0.25, 0.3) is 72.4 Å². The second-order valence-electron chi connectivity index (χ2n) is 18.8. The Bertz CT molecular complexity index is 3000. The molecule has 1 radical (unpaired) electrons. The number of benzene rings is 5. The van der Waals surface area contributed by atoms with Crippen LogP contribution in [0.5, 0.6) is 0 Å². The van der Waals surface area contributed by atoms with E-state index in [9.17, 15) is 0 Å². The van der Waals surface area contributed by atoms with Gasteiger partial charge in [0.15, 0.2) is 0 Å². The average Bonchev–Trinajstić information content (AvgIpc) is 3.82. The summed E-state index contributed by atoms with van der Waals surface area (Å²) in [4.78, 5) is 14.5. The molecule has 0 fully saturated rings. The van der Waals surface area contributed by atoms with Crippen molar-refractivity contribution in [2.24, 2.45) is 5.92 Å². The van der Waals surface area contributed by atoms with E-state index in [0.29, 0.717) is 5.92 Å². The Morgan fingerprint density at radius 2 is 1.41 bits per heavy atom. The Morgan fingerprint density at radius 3 is 2.06 bits per heavy atom. The number of nitrogens with zero attached hydrogens (tertiary/aromatic N) is 4. The van der Waals surface area contributed by atoms with E-state index in [4.69, 9.17) is 14.4 Å². The van der Waals surface area contributed by atoms with Gasteiger partial charge >= 0.3 is 126 Å². The van der Waals surface area contributed by atoms with E-state index in [-0.39, 0.29) is 31.9 Å². The van der Waals surface area contributed by atoms with Gasteiger partial charge in [0.05, 0.1) is 22.4 Å². The molecule has 5 aromatic carbocycles. The van der Waals surface area contributed by atoms with E-state index < -0.39 is 13.3 Å². The fourth-order valence-corrected chi connectivity index (χ4v) is 12.0. The number of aromatic nitrogens is 4. The van der Waals surface area contributed by atoms with E-state index in [0.717, 1.165) is 73.3 Å². The van der Waals surface area contributed by atoms with Gasteiger partial charge in [0.2, 0.25) is 0 Å². The number of fused-ring (bicyclic) bond motifs is 4. The van der Waals surface area contributed by atoms with Crippen LogP contribution in [0.15, 0.2) is 126 Å². The van der Waals surface area contributed by atoms with Crippen molar-refractivity contribution in [2.75, 3.05) is 0 Å². The van der Waals surface area contributed by atoms with Crippen molar-refractivity contribution in [3.63, 3.8) is 0 Å². The molecule has 9 aromatic rings. The Balaban J connectivity index is 0.000000239. The van der Waals surface area contributed by atoms with Crippen molar-refractivity contribution >= 4 is 50.6 Å². The molecule has 0 bridgehead atoms. The molecule has 0 N–H and O–H groups in total. The minimum absolute atomic E-state index is 0. The van der Waals surface area contributed by atoms with Crippen LogP contribution in [-0.4, -0.2) is 32.8 Å². The van der Waals surface area contributed by atoms with Gasteiger partial charge in [0.1, 0.15) is 5.58 Å². The number of aryl methyl sites for hydroxylation is 2. The first-order chi connectivity index (χ1) is 29.7. The van der Waals surface area contributed by atoms with Crippen LogP contribution in [0.2, 0.25) is 17.3 Å². The molecular formula is C56H58GeIrN4O-2. The number of pyridine rings is 2. The standard InChI is InChI=1S/C38H34N3O.C18H24GeN.Ir/c1-22(2)29-19-27(26-12-8-7-9-13-26)20-30(23(3)4)36(29)41-33-15-11-10-14-32(33)40-38(41)28-17-16-24(5)35-31-21-39-25(6)18-34(31)42-37(28)35;1-14(2)11-16-12-18(15-9-7-6-8-10-15)20-13-17(16)19(3,4)5;/h7-16,18-23H,1-6H3;6-9,12-14H,11H2,1-5H3;/q2*-1;. The number of furan rings is 1. The molecule has 0 unspecified atom stereocenters. The third-order valence-corrected chi connectivity index (χ3v) is 16.0. The van der Waals surface area contributed by atoms with Gasteiger partial charge in [-0.25, -0.2) is 0 Å². The molecule has 4 aromatic heterocycles. The summed E-state index contributed by atoms with van der Waals surface area (Å²) >= 11 is -1.86. The molecule has 0 spiro atoms. The smallest absolute Gasteiger partial charge is 0.124 e. The van der Waals surface area contributed by atoms with Crippen molar-refractivity contribution in [3.05, 3.63) is 162 Å². The molecular weight excluding hydrogens is 1010 g/mol. The van der Waals surface area contributed by atoms with Gasteiger partial charge in [-0.15, -0.1) is 17.7 Å². The molecule has 0 atom stereocenters. The number of hydrogen-bond acceptors (Lipinski definition) is 4. The van der Waals surface area contributed by atoms with Crippen LogP contribution in [0, 0.1) is 31.9 Å². The van der Waals surface area contributed by atoms with Crippen LogP contribution in [0.3, 0.4) is 0 Å². The summed E-state index contributed by atoms with van der Waals surface area (Å²) in [6.07, 6.45) is 5.19. The molecule has 0 saturated carbocycles. The zero-order chi connectivity index (χ0) is 43.9. The molecule has 63 heavy (non-hydrogen) atoms. The normalized spacial score (nSPS) is 11.8. The quantitative estimate of drug-likeness (QED) is 0.107. The predicted octanol–water partition coefficient (Wildman–Crippen LogP) is 14.6. The molecule has 0 amide bonds. The van der Waals surface area contributed by atoms with Gasteiger partial charge in [0.25, 0.3) is 0 Å². The van der Waals surface area contributed by atoms with Crippen LogP contribution in [0.4, 0.5) is 0 Å². The van der Waals surface area contributed by atoms with Gasteiger partial charge in [-0.1, -0.05) is 88.0 Å². The number of rotatable bonds is 9. The van der Waals surface area contributed by atoms with Crippen molar-refractivity contribution in [1.29, 1.82) is 0 Å². The molecule has 0 saturated heterocycles. The summed E-state index contributed by atoms with van der Waals surface area (Å²) in [7, 11) is 0. The average molecular weight is 1070 g/mol. The number of imidazole rings is 1. The van der Waals surface area contributed by atoms with Crippen molar-refractivity contribution < 1.29 is 24.5 Å². The third kappa shape index (κ3) is 9.41. The summed E-state index contributed by atoms with van der Waals surface area (Å²) in [5.41, 5.74) is 16.4. The van der Waals surface area contributed by atoms with Gasteiger partial charge < -0.3 is 8.98 Å². The van der Waals surface area contributed by atoms with Crippen molar-refractivity contribution in [2.45, 2.75) is 90.9 Å². The van der Waals surface area contributed by atoms with Gasteiger partial charge in [-0.05, 0) is 65.3 Å². The maximum Gasteiger partial charge on any atom is 0.124 e. The van der Waals surface area contributed by atoms with Crippen molar-refractivity contribution in [3.8, 4) is 39.5 Å². The molecule has 0 aliphatic carbocycles.